The largest absolute Gasteiger partial charge is 0.301 e. The lowest BCUT2D eigenvalue weighted by atomic mass is 9.97. The minimum absolute atomic E-state index is 0.159. The van der Waals surface area contributed by atoms with Crippen LogP contribution in [-0.2, 0) is 0 Å². The van der Waals surface area contributed by atoms with E-state index in [4.69, 9.17) is 0 Å². The third-order valence-electron chi connectivity index (χ3n) is 2.51. The standard InChI is InChI=1S/C13H20N4OS/c1-9(2)17-13(4,8-14)7-10(3)19-12-15-6-5-11(18)16-12/h5-6,9-10,17H,7H2,1-4H3,(H,15,16,18). The summed E-state index contributed by atoms with van der Waals surface area (Å²) in [6, 6.07) is 3.95. The number of hydrogen-bond donors (Lipinski definition) is 2. The van der Waals surface area contributed by atoms with E-state index in [1.165, 1.54) is 24.0 Å². The molecule has 0 fully saturated rings. The smallest absolute Gasteiger partial charge is 0.251 e. The van der Waals surface area contributed by atoms with Crippen LogP contribution in [0.2, 0.25) is 0 Å². The summed E-state index contributed by atoms with van der Waals surface area (Å²) < 4.78 is 0. The molecule has 2 atom stereocenters. The van der Waals surface area contributed by atoms with Gasteiger partial charge in [-0.1, -0.05) is 18.7 Å². The molecule has 0 aliphatic carbocycles. The predicted octanol–water partition coefficient (Wildman–Crippen LogP) is 1.92. The topological polar surface area (TPSA) is 81.6 Å². The number of H-pyrrole nitrogens is 1. The van der Waals surface area contributed by atoms with Crippen molar-refractivity contribution >= 4 is 11.8 Å². The van der Waals surface area contributed by atoms with Crippen molar-refractivity contribution in [1.29, 1.82) is 5.26 Å². The molecule has 0 bridgehead atoms. The Morgan fingerprint density at radius 2 is 2.26 bits per heavy atom. The van der Waals surface area contributed by atoms with Crippen molar-refractivity contribution in [3.8, 4) is 6.07 Å². The summed E-state index contributed by atoms with van der Waals surface area (Å²) in [5.74, 6) is 0. The second kappa shape index (κ2) is 6.73. The normalized spacial score (nSPS) is 15.8. The first-order chi connectivity index (χ1) is 8.84. The average molecular weight is 280 g/mol. The van der Waals surface area contributed by atoms with Gasteiger partial charge < -0.3 is 4.98 Å². The van der Waals surface area contributed by atoms with Gasteiger partial charge in [-0.15, -0.1) is 0 Å². The van der Waals surface area contributed by atoms with Gasteiger partial charge in [-0.25, -0.2) is 4.98 Å². The highest BCUT2D eigenvalue weighted by atomic mass is 32.2. The lowest BCUT2D eigenvalue weighted by molar-refractivity contribution is 0.382. The van der Waals surface area contributed by atoms with Gasteiger partial charge in [0.05, 0.1) is 6.07 Å². The Bertz CT molecular complexity index is 508. The number of aromatic amines is 1. The number of nitriles is 1. The van der Waals surface area contributed by atoms with E-state index >= 15 is 0 Å². The lowest BCUT2D eigenvalue weighted by Crippen LogP contribution is -2.46. The van der Waals surface area contributed by atoms with Crippen molar-refractivity contribution in [3.05, 3.63) is 22.6 Å². The lowest BCUT2D eigenvalue weighted by Gasteiger charge is -2.28. The predicted molar refractivity (Wildman–Crippen MR) is 77.1 cm³/mol. The maximum atomic E-state index is 11.2. The van der Waals surface area contributed by atoms with Crippen LogP contribution in [0.15, 0.2) is 22.2 Å². The molecule has 1 rings (SSSR count). The fourth-order valence-electron chi connectivity index (χ4n) is 1.99. The number of rotatable bonds is 6. The van der Waals surface area contributed by atoms with Crippen LogP contribution in [0.25, 0.3) is 0 Å². The van der Waals surface area contributed by atoms with Crippen molar-refractivity contribution < 1.29 is 0 Å². The summed E-state index contributed by atoms with van der Waals surface area (Å²) in [4.78, 5) is 18.0. The van der Waals surface area contributed by atoms with Gasteiger partial charge in [0.1, 0.15) is 5.54 Å². The van der Waals surface area contributed by atoms with Gasteiger partial charge in [0.15, 0.2) is 5.16 Å². The molecule has 104 valence electrons. The van der Waals surface area contributed by atoms with Crippen molar-refractivity contribution in [2.75, 3.05) is 0 Å². The van der Waals surface area contributed by atoms with Crippen molar-refractivity contribution in [3.63, 3.8) is 0 Å². The van der Waals surface area contributed by atoms with Crippen molar-refractivity contribution in [1.82, 2.24) is 15.3 Å². The van der Waals surface area contributed by atoms with Gasteiger partial charge in [-0.3, -0.25) is 10.1 Å². The average Bonchev–Trinajstić information content (AvgIpc) is 2.27. The summed E-state index contributed by atoms with van der Waals surface area (Å²) in [5, 5.41) is 13.3. The highest BCUT2D eigenvalue weighted by molar-refractivity contribution is 7.99. The third kappa shape index (κ3) is 5.45. The monoisotopic (exact) mass is 280 g/mol. The molecule has 1 heterocycles. The summed E-state index contributed by atoms with van der Waals surface area (Å²) in [6.45, 7) is 7.95. The highest BCUT2D eigenvalue weighted by Gasteiger charge is 2.27. The second-order valence-electron chi connectivity index (χ2n) is 5.11. The number of hydrogen-bond acceptors (Lipinski definition) is 5. The van der Waals surface area contributed by atoms with E-state index in [1.54, 1.807) is 0 Å². The SMILES string of the molecule is CC(C)NC(C)(C#N)CC(C)Sc1nccc(=O)[nH]1. The summed E-state index contributed by atoms with van der Waals surface area (Å²) in [6.07, 6.45) is 2.16. The van der Waals surface area contributed by atoms with E-state index in [2.05, 4.69) is 21.4 Å². The van der Waals surface area contributed by atoms with E-state index in [9.17, 15) is 10.1 Å². The van der Waals surface area contributed by atoms with Crippen LogP contribution in [0.4, 0.5) is 0 Å². The van der Waals surface area contributed by atoms with Crippen LogP contribution in [0, 0.1) is 11.3 Å². The van der Waals surface area contributed by atoms with Crippen LogP contribution in [0.1, 0.15) is 34.1 Å². The van der Waals surface area contributed by atoms with Gasteiger partial charge >= 0.3 is 0 Å². The molecule has 2 N–H and O–H groups in total. The number of nitrogens with one attached hydrogen (secondary N) is 2. The van der Waals surface area contributed by atoms with E-state index < -0.39 is 5.54 Å². The fourth-order valence-corrected chi connectivity index (χ4v) is 3.07. The Morgan fingerprint density at radius 3 is 2.79 bits per heavy atom. The van der Waals surface area contributed by atoms with E-state index in [0.29, 0.717) is 11.6 Å². The zero-order chi connectivity index (χ0) is 14.5. The third-order valence-corrected chi connectivity index (χ3v) is 3.51. The molecule has 2 unspecified atom stereocenters. The highest BCUT2D eigenvalue weighted by Crippen LogP contribution is 2.25. The number of nitrogens with zero attached hydrogens (tertiary/aromatic N) is 2. The van der Waals surface area contributed by atoms with Gasteiger partial charge in [-0.2, -0.15) is 5.26 Å². The fraction of sp³-hybridized carbons (Fsp3) is 0.615. The molecule has 0 amide bonds. The Morgan fingerprint density at radius 1 is 1.58 bits per heavy atom. The van der Waals surface area contributed by atoms with Crippen LogP contribution in [0.3, 0.4) is 0 Å². The zero-order valence-corrected chi connectivity index (χ0v) is 12.5. The molecule has 0 saturated carbocycles. The van der Waals surface area contributed by atoms with E-state index in [-0.39, 0.29) is 16.9 Å². The van der Waals surface area contributed by atoms with Crippen LogP contribution < -0.4 is 10.9 Å². The maximum Gasteiger partial charge on any atom is 0.251 e. The minimum atomic E-state index is -0.574. The number of aromatic nitrogens is 2. The maximum absolute atomic E-state index is 11.2. The molecule has 0 aliphatic heterocycles. The van der Waals surface area contributed by atoms with Crippen molar-refractivity contribution in [2.45, 2.75) is 56.1 Å². The molecular weight excluding hydrogens is 260 g/mol. The van der Waals surface area contributed by atoms with Gasteiger partial charge in [0.25, 0.3) is 5.56 Å². The van der Waals surface area contributed by atoms with Gasteiger partial charge in [0.2, 0.25) is 0 Å². The Hall–Kier alpha value is -1.32. The molecule has 0 radical (unpaired) electrons. The van der Waals surface area contributed by atoms with E-state index in [1.807, 2.05) is 27.7 Å². The summed E-state index contributed by atoms with van der Waals surface area (Å²) in [5.41, 5.74) is -0.733. The first-order valence-electron chi connectivity index (χ1n) is 6.25. The molecule has 0 saturated heterocycles. The molecule has 19 heavy (non-hydrogen) atoms. The summed E-state index contributed by atoms with van der Waals surface area (Å²) >= 11 is 1.47. The quantitative estimate of drug-likeness (QED) is 0.614. The summed E-state index contributed by atoms with van der Waals surface area (Å²) in [7, 11) is 0. The van der Waals surface area contributed by atoms with Gasteiger partial charge in [-0.05, 0) is 27.2 Å². The van der Waals surface area contributed by atoms with Crippen molar-refractivity contribution in [2.24, 2.45) is 0 Å². The number of thioether (sulfide) groups is 1. The molecule has 0 spiro atoms. The van der Waals surface area contributed by atoms with Gasteiger partial charge in [0, 0.05) is 23.6 Å². The molecular formula is C13H20N4OS. The molecule has 0 aliphatic rings. The molecule has 6 heteroatoms. The first kappa shape index (κ1) is 15.7. The molecule has 5 nitrogen and oxygen atoms in total. The Labute approximate surface area is 117 Å². The Kier molecular flexibility index (Phi) is 5.58. The van der Waals surface area contributed by atoms with Crippen LogP contribution in [-0.4, -0.2) is 26.8 Å². The molecule has 1 aromatic heterocycles. The van der Waals surface area contributed by atoms with Crippen LogP contribution >= 0.6 is 11.8 Å². The molecule has 0 aromatic carbocycles. The first-order valence-corrected chi connectivity index (χ1v) is 7.13. The molecule has 1 aromatic rings. The van der Waals surface area contributed by atoms with Crippen LogP contribution in [0.5, 0.6) is 0 Å². The second-order valence-corrected chi connectivity index (χ2v) is 6.54. The minimum Gasteiger partial charge on any atom is -0.301 e. The van der Waals surface area contributed by atoms with E-state index in [0.717, 1.165) is 0 Å². The zero-order valence-electron chi connectivity index (χ0n) is 11.7. The Balaban J connectivity index is 2.66.